The Hall–Kier alpha value is -1.64. The van der Waals surface area contributed by atoms with Crippen LogP contribution in [0.25, 0.3) is 0 Å². The van der Waals surface area contributed by atoms with Crippen molar-refractivity contribution in [3.05, 3.63) is 29.8 Å². The number of isocyanates is 1. The van der Waals surface area contributed by atoms with Gasteiger partial charge in [-0.25, -0.2) is 4.79 Å². The molecule has 2 fully saturated rings. The minimum absolute atomic E-state index is 0.110. The van der Waals surface area contributed by atoms with E-state index in [2.05, 4.69) is 4.99 Å². The summed E-state index contributed by atoms with van der Waals surface area (Å²) in [6.07, 6.45) is 5.62. The average Bonchev–Trinajstić information content (AvgIpc) is 2.88. The Balaban J connectivity index is 1.90. The lowest BCUT2D eigenvalue weighted by atomic mass is 9.72. The second-order valence-electron chi connectivity index (χ2n) is 5.19. The van der Waals surface area contributed by atoms with E-state index in [9.17, 15) is 4.79 Å². The van der Waals surface area contributed by atoms with Crippen molar-refractivity contribution in [3.8, 4) is 5.75 Å². The number of ether oxygens (including phenoxy) is 2. The third-order valence-corrected chi connectivity index (χ3v) is 4.01. The number of rotatable bonds is 4. The first-order valence-corrected chi connectivity index (χ1v) is 6.77. The number of benzene rings is 1. The van der Waals surface area contributed by atoms with Crippen LogP contribution < -0.4 is 4.74 Å². The molecule has 100 valence electrons. The van der Waals surface area contributed by atoms with Crippen molar-refractivity contribution < 1.29 is 14.3 Å². The fraction of sp³-hybridized carbons (Fsp3) is 0.533. The van der Waals surface area contributed by atoms with E-state index < -0.39 is 5.54 Å². The van der Waals surface area contributed by atoms with Crippen molar-refractivity contribution in [2.75, 3.05) is 13.2 Å². The zero-order valence-corrected chi connectivity index (χ0v) is 10.8. The molecule has 1 atom stereocenters. The molecule has 0 aromatic heterocycles. The Morgan fingerprint density at radius 3 is 2.84 bits per heavy atom. The molecule has 0 spiro atoms. The summed E-state index contributed by atoms with van der Waals surface area (Å²) in [5.41, 5.74) is 0.606. The second kappa shape index (κ2) is 5.16. The first-order chi connectivity index (χ1) is 9.34. The van der Waals surface area contributed by atoms with Gasteiger partial charge in [0, 0.05) is 12.0 Å². The van der Waals surface area contributed by atoms with E-state index in [0.717, 1.165) is 43.6 Å². The van der Waals surface area contributed by atoms with Crippen LogP contribution in [0.1, 0.15) is 31.2 Å². The van der Waals surface area contributed by atoms with Crippen molar-refractivity contribution in [2.45, 2.75) is 37.3 Å². The molecule has 0 radical (unpaired) electrons. The Kier molecular flexibility index (Phi) is 3.36. The molecule has 1 aromatic rings. The lowest BCUT2D eigenvalue weighted by Crippen LogP contribution is -2.33. The van der Waals surface area contributed by atoms with E-state index in [-0.39, 0.29) is 6.10 Å². The number of nitrogens with zero attached hydrogens (tertiary/aromatic N) is 1. The number of hydrogen-bond donors (Lipinski definition) is 0. The SMILES string of the molecule is O=C=NC1(c2ccccc2OC2CCOC2)CCC1. The molecule has 0 N–H and O–H groups in total. The van der Waals surface area contributed by atoms with Gasteiger partial charge in [0.1, 0.15) is 17.4 Å². The van der Waals surface area contributed by atoms with Crippen LogP contribution in [0.3, 0.4) is 0 Å². The zero-order valence-electron chi connectivity index (χ0n) is 10.8. The van der Waals surface area contributed by atoms with E-state index in [0.29, 0.717) is 6.61 Å². The molecular formula is C15H17NO3. The normalized spacial score (nSPS) is 24.3. The molecule has 0 amide bonds. The third kappa shape index (κ3) is 2.29. The highest BCUT2D eigenvalue weighted by Gasteiger charge is 2.41. The molecule has 1 aromatic carbocycles. The third-order valence-electron chi connectivity index (χ3n) is 4.01. The van der Waals surface area contributed by atoms with Crippen LogP contribution in [-0.2, 0) is 15.1 Å². The number of carbonyl (C=O) groups excluding carboxylic acids is 1. The Labute approximate surface area is 112 Å². The average molecular weight is 259 g/mol. The van der Waals surface area contributed by atoms with E-state index >= 15 is 0 Å². The maximum atomic E-state index is 10.7. The van der Waals surface area contributed by atoms with Crippen LogP contribution in [-0.4, -0.2) is 25.4 Å². The molecule has 2 aliphatic rings. The van der Waals surface area contributed by atoms with Crippen LogP contribution in [0.15, 0.2) is 29.3 Å². The van der Waals surface area contributed by atoms with Gasteiger partial charge in [0.05, 0.1) is 13.2 Å². The molecule has 4 nitrogen and oxygen atoms in total. The fourth-order valence-electron chi connectivity index (χ4n) is 2.78. The molecule has 1 saturated heterocycles. The maximum Gasteiger partial charge on any atom is 0.235 e. The van der Waals surface area contributed by atoms with Gasteiger partial charge in [0.15, 0.2) is 0 Å². The number of aliphatic imine (C=N–C) groups is 1. The van der Waals surface area contributed by atoms with Gasteiger partial charge in [0.25, 0.3) is 0 Å². The molecule has 19 heavy (non-hydrogen) atoms. The van der Waals surface area contributed by atoms with Crippen LogP contribution >= 0.6 is 0 Å². The smallest absolute Gasteiger partial charge is 0.235 e. The van der Waals surface area contributed by atoms with Crippen LogP contribution in [0.2, 0.25) is 0 Å². The lowest BCUT2D eigenvalue weighted by Gasteiger charge is -2.38. The van der Waals surface area contributed by atoms with Gasteiger partial charge in [0.2, 0.25) is 6.08 Å². The Morgan fingerprint density at radius 1 is 1.37 bits per heavy atom. The topological polar surface area (TPSA) is 47.9 Å². The number of para-hydroxylation sites is 1. The van der Waals surface area contributed by atoms with Crippen molar-refractivity contribution in [3.63, 3.8) is 0 Å². The predicted octanol–water partition coefficient (Wildman–Crippen LogP) is 2.57. The van der Waals surface area contributed by atoms with Crippen molar-refractivity contribution in [1.29, 1.82) is 0 Å². The summed E-state index contributed by atoms with van der Waals surface area (Å²) < 4.78 is 11.4. The highest BCUT2D eigenvalue weighted by atomic mass is 16.5. The summed E-state index contributed by atoms with van der Waals surface area (Å²) in [5, 5.41) is 0. The van der Waals surface area contributed by atoms with Gasteiger partial charge in [-0.05, 0) is 25.3 Å². The van der Waals surface area contributed by atoms with Crippen molar-refractivity contribution in [1.82, 2.24) is 0 Å². The molecule has 1 aliphatic carbocycles. The quantitative estimate of drug-likeness (QED) is 0.616. The molecular weight excluding hydrogens is 242 g/mol. The molecule has 1 heterocycles. The maximum absolute atomic E-state index is 10.7. The minimum atomic E-state index is -0.405. The first kappa shape index (κ1) is 12.4. The van der Waals surface area contributed by atoms with Gasteiger partial charge in [-0.3, -0.25) is 0 Å². The highest BCUT2D eigenvalue weighted by molar-refractivity contribution is 5.45. The molecule has 4 heteroatoms. The van der Waals surface area contributed by atoms with E-state index in [1.54, 1.807) is 6.08 Å². The largest absolute Gasteiger partial charge is 0.488 e. The zero-order chi connectivity index (χ0) is 13.1. The highest BCUT2D eigenvalue weighted by Crippen LogP contribution is 2.48. The van der Waals surface area contributed by atoms with Gasteiger partial charge < -0.3 is 9.47 Å². The van der Waals surface area contributed by atoms with Crippen molar-refractivity contribution >= 4 is 6.08 Å². The summed E-state index contributed by atoms with van der Waals surface area (Å²) in [7, 11) is 0. The number of hydrogen-bond acceptors (Lipinski definition) is 4. The van der Waals surface area contributed by atoms with Crippen molar-refractivity contribution in [2.24, 2.45) is 4.99 Å². The Bertz CT molecular complexity index is 498. The molecule has 0 bridgehead atoms. The van der Waals surface area contributed by atoms with Gasteiger partial charge in [-0.1, -0.05) is 18.2 Å². The minimum Gasteiger partial charge on any atom is -0.488 e. The van der Waals surface area contributed by atoms with E-state index in [1.165, 1.54) is 0 Å². The summed E-state index contributed by atoms with van der Waals surface area (Å²) in [6, 6.07) is 7.87. The molecule has 1 aliphatic heterocycles. The van der Waals surface area contributed by atoms with Crippen LogP contribution in [0, 0.1) is 0 Å². The molecule has 1 saturated carbocycles. The molecule has 1 unspecified atom stereocenters. The summed E-state index contributed by atoms with van der Waals surface area (Å²) >= 11 is 0. The van der Waals surface area contributed by atoms with Crippen LogP contribution in [0.4, 0.5) is 0 Å². The molecule has 3 rings (SSSR count). The van der Waals surface area contributed by atoms with Crippen LogP contribution in [0.5, 0.6) is 5.75 Å². The first-order valence-electron chi connectivity index (χ1n) is 6.77. The fourth-order valence-corrected chi connectivity index (χ4v) is 2.78. The summed E-state index contributed by atoms with van der Waals surface area (Å²) in [4.78, 5) is 14.7. The standard InChI is InChI=1S/C15H17NO3/c17-11-16-15(7-3-8-15)13-4-1-2-5-14(13)19-12-6-9-18-10-12/h1-2,4-5,12H,3,6-10H2. The van der Waals surface area contributed by atoms with Gasteiger partial charge in [-0.15, -0.1) is 0 Å². The monoisotopic (exact) mass is 259 g/mol. The predicted molar refractivity (Wildman–Crippen MR) is 69.9 cm³/mol. The Morgan fingerprint density at radius 2 is 2.21 bits per heavy atom. The van der Waals surface area contributed by atoms with E-state index in [4.69, 9.17) is 9.47 Å². The summed E-state index contributed by atoms with van der Waals surface area (Å²) in [5.74, 6) is 0.830. The summed E-state index contributed by atoms with van der Waals surface area (Å²) in [6.45, 7) is 1.39. The lowest BCUT2D eigenvalue weighted by molar-refractivity contribution is 0.137. The van der Waals surface area contributed by atoms with Gasteiger partial charge in [-0.2, -0.15) is 4.99 Å². The van der Waals surface area contributed by atoms with E-state index in [1.807, 2.05) is 24.3 Å². The second-order valence-corrected chi connectivity index (χ2v) is 5.19. The van der Waals surface area contributed by atoms with Gasteiger partial charge >= 0.3 is 0 Å².